The van der Waals surface area contributed by atoms with E-state index in [2.05, 4.69) is 12.2 Å². The molecule has 1 aliphatic heterocycles. The molecule has 2 aromatic carbocycles. The minimum Gasteiger partial charge on any atom is -0.497 e. The molecular formula is C24H27FN2O4. The molecule has 2 aromatic rings. The summed E-state index contributed by atoms with van der Waals surface area (Å²) in [5.41, 5.74) is 0.123. The number of hydrogen-bond donors (Lipinski definition) is 1. The van der Waals surface area contributed by atoms with E-state index in [1.807, 2.05) is 0 Å². The van der Waals surface area contributed by atoms with E-state index >= 15 is 0 Å². The molecule has 1 saturated carbocycles. The predicted molar refractivity (Wildman–Crippen MR) is 114 cm³/mol. The molecule has 4 rings (SSSR count). The highest BCUT2D eigenvalue weighted by molar-refractivity contribution is 6.02. The summed E-state index contributed by atoms with van der Waals surface area (Å²) in [6, 6.07) is 11.7. The molecule has 2 fully saturated rings. The molecule has 1 spiro atoms. The summed E-state index contributed by atoms with van der Waals surface area (Å²) in [5.74, 6) is 0.135. The van der Waals surface area contributed by atoms with Crippen LogP contribution in [0, 0.1) is 11.7 Å². The minimum absolute atomic E-state index is 0.122. The van der Waals surface area contributed by atoms with Gasteiger partial charge in [-0.2, -0.15) is 0 Å². The summed E-state index contributed by atoms with van der Waals surface area (Å²) < 4.78 is 24.7. The van der Waals surface area contributed by atoms with E-state index in [4.69, 9.17) is 9.47 Å². The van der Waals surface area contributed by atoms with Gasteiger partial charge in [-0.05, 0) is 74.1 Å². The van der Waals surface area contributed by atoms with Crippen LogP contribution in [-0.2, 0) is 9.53 Å². The normalized spacial score (nSPS) is 25.5. The summed E-state index contributed by atoms with van der Waals surface area (Å²) in [6.07, 6.45) is 3.22. The Morgan fingerprint density at radius 1 is 1.16 bits per heavy atom. The zero-order valence-electron chi connectivity index (χ0n) is 17.8. The largest absolute Gasteiger partial charge is 0.497 e. The third-order valence-corrected chi connectivity index (χ3v) is 6.27. The number of anilines is 1. The van der Waals surface area contributed by atoms with Crippen molar-refractivity contribution in [2.24, 2.45) is 5.92 Å². The fraction of sp³-hybridized carbons (Fsp3) is 0.417. The van der Waals surface area contributed by atoms with Crippen LogP contribution in [0.5, 0.6) is 5.75 Å². The maximum absolute atomic E-state index is 13.6. The van der Waals surface area contributed by atoms with Gasteiger partial charge in [0.15, 0.2) is 0 Å². The molecule has 0 bridgehead atoms. The number of nitrogens with one attached hydrogen (secondary N) is 1. The number of halogens is 1. The summed E-state index contributed by atoms with van der Waals surface area (Å²) in [4.78, 5) is 28.4. The van der Waals surface area contributed by atoms with Crippen LogP contribution in [0.3, 0.4) is 0 Å². The first-order valence-electron chi connectivity index (χ1n) is 10.6. The minimum atomic E-state index is -0.794. The molecule has 2 amide bonds. The van der Waals surface area contributed by atoms with Crippen molar-refractivity contribution in [2.75, 3.05) is 19.0 Å². The Balaban J connectivity index is 1.64. The molecule has 0 aromatic heterocycles. The standard InChI is InChI=1S/C24H27FN2O4/c1-16-10-12-24(13-11-16)27(23(29)17-4-3-5-20(14-17)30-2)21(15-31-24)22(28)26-19-8-6-18(25)7-9-19/h3-9,14,16,21H,10-13,15H2,1-2H3,(H,26,28). The van der Waals surface area contributed by atoms with Crippen LogP contribution in [-0.4, -0.2) is 42.2 Å². The maximum atomic E-state index is 13.6. The van der Waals surface area contributed by atoms with Crippen LogP contribution in [0.15, 0.2) is 48.5 Å². The van der Waals surface area contributed by atoms with Gasteiger partial charge < -0.3 is 14.8 Å². The molecule has 1 unspecified atom stereocenters. The van der Waals surface area contributed by atoms with E-state index in [-0.39, 0.29) is 24.2 Å². The van der Waals surface area contributed by atoms with E-state index in [0.29, 0.717) is 35.8 Å². The molecule has 31 heavy (non-hydrogen) atoms. The number of methoxy groups -OCH3 is 1. The highest BCUT2D eigenvalue weighted by Gasteiger charge is 2.53. The fourth-order valence-electron chi connectivity index (χ4n) is 4.43. The Bertz CT molecular complexity index is 954. The van der Waals surface area contributed by atoms with E-state index in [9.17, 15) is 14.0 Å². The second-order valence-electron chi connectivity index (χ2n) is 8.36. The monoisotopic (exact) mass is 426 g/mol. The van der Waals surface area contributed by atoms with Crippen LogP contribution < -0.4 is 10.1 Å². The van der Waals surface area contributed by atoms with E-state index in [0.717, 1.165) is 12.8 Å². The zero-order valence-corrected chi connectivity index (χ0v) is 17.8. The van der Waals surface area contributed by atoms with Gasteiger partial charge in [0.1, 0.15) is 23.3 Å². The van der Waals surface area contributed by atoms with Crippen molar-refractivity contribution in [3.05, 3.63) is 59.9 Å². The first-order valence-corrected chi connectivity index (χ1v) is 10.6. The van der Waals surface area contributed by atoms with Crippen molar-refractivity contribution in [3.8, 4) is 5.75 Å². The summed E-state index contributed by atoms with van der Waals surface area (Å²) >= 11 is 0. The lowest BCUT2D eigenvalue weighted by atomic mass is 9.83. The molecule has 0 radical (unpaired) electrons. The average molecular weight is 426 g/mol. The quantitative estimate of drug-likeness (QED) is 0.795. The van der Waals surface area contributed by atoms with Crippen molar-refractivity contribution in [2.45, 2.75) is 44.4 Å². The first-order chi connectivity index (χ1) is 14.9. The summed E-state index contributed by atoms with van der Waals surface area (Å²) in [7, 11) is 1.55. The SMILES string of the molecule is COc1cccc(C(=O)N2C(C(=O)Nc3ccc(F)cc3)COC23CCC(C)CC3)c1. The fourth-order valence-corrected chi connectivity index (χ4v) is 4.43. The van der Waals surface area contributed by atoms with Crippen molar-refractivity contribution in [1.29, 1.82) is 0 Å². The Kier molecular flexibility index (Phi) is 5.96. The molecule has 2 aliphatic rings. The van der Waals surface area contributed by atoms with Gasteiger partial charge in [0.05, 0.1) is 13.7 Å². The van der Waals surface area contributed by atoms with Crippen LogP contribution in [0.25, 0.3) is 0 Å². The van der Waals surface area contributed by atoms with Crippen LogP contribution >= 0.6 is 0 Å². The molecule has 1 N–H and O–H groups in total. The van der Waals surface area contributed by atoms with Gasteiger partial charge in [0.2, 0.25) is 5.91 Å². The second kappa shape index (κ2) is 8.67. The number of nitrogens with zero attached hydrogens (tertiary/aromatic N) is 1. The van der Waals surface area contributed by atoms with Gasteiger partial charge in [0.25, 0.3) is 5.91 Å². The number of carbonyl (C=O) groups is 2. The van der Waals surface area contributed by atoms with E-state index in [1.54, 1.807) is 36.3 Å². The summed E-state index contributed by atoms with van der Waals surface area (Å²) in [5, 5.41) is 2.80. The zero-order chi connectivity index (χ0) is 22.0. The van der Waals surface area contributed by atoms with Crippen molar-refractivity contribution in [1.82, 2.24) is 4.90 Å². The van der Waals surface area contributed by atoms with Crippen LogP contribution in [0.2, 0.25) is 0 Å². The number of amides is 2. The Morgan fingerprint density at radius 3 is 2.55 bits per heavy atom. The van der Waals surface area contributed by atoms with Crippen molar-refractivity contribution in [3.63, 3.8) is 0 Å². The average Bonchev–Trinajstić information content (AvgIpc) is 3.16. The molecule has 164 valence electrons. The molecule has 6 nitrogen and oxygen atoms in total. The van der Waals surface area contributed by atoms with Gasteiger partial charge in [-0.15, -0.1) is 0 Å². The lowest BCUT2D eigenvalue weighted by Gasteiger charge is -2.43. The molecule has 1 atom stereocenters. The van der Waals surface area contributed by atoms with Gasteiger partial charge in [-0.1, -0.05) is 13.0 Å². The molecule has 1 aliphatic carbocycles. The lowest BCUT2D eigenvalue weighted by molar-refractivity contribution is -0.123. The highest BCUT2D eigenvalue weighted by atomic mass is 19.1. The van der Waals surface area contributed by atoms with Gasteiger partial charge in [-0.3, -0.25) is 14.5 Å². The van der Waals surface area contributed by atoms with Crippen LogP contribution in [0.1, 0.15) is 43.0 Å². The van der Waals surface area contributed by atoms with Gasteiger partial charge in [0, 0.05) is 11.3 Å². The predicted octanol–water partition coefficient (Wildman–Crippen LogP) is 4.22. The highest BCUT2D eigenvalue weighted by Crippen LogP contribution is 2.43. The second-order valence-corrected chi connectivity index (χ2v) is 8.36. The molecule has 1 saturated heterocycles. The number of ether oxygens (including phenoxy) is 2. The topological polar surface area (TPSA) is 67.9 Å². The van der Waals surface area contributed by atoms with Gasteiger partial charge >= 0.3 is 0 Å². The number of rotatable bonds is 4. The Labute approximate surface area is 181 Å². The number of carbonyl (C=O) groups excluding carboxylic acids is 2. The summed E-state index contributed by atoms with van der Waals surface area (Å²) in [6.45, 7) is 2.31. The smallest absolute Gasteiger partial charge is 0.257 e. The third-order valence-electron chi connectivity index (χ3n) is 6.27. The number of benzene rings is 2. The number of hydrogen-bond acceptors (Lipinski definition) is 4. The van der Waals surface area contributed by atoms with Crippen LogP contribution in [0.4, 0.5) is 10.1 Å². The Morgan fingerprint density at radius 2 is 1.87 bits per heavy atom. The lowest BCUT2D eigenvalue weighted by Crippen LogP contribution is -2.55. The third kappa shape index (κ3) is 4.28. The molecular weight excluding hydrogens is 399 g/mol. The Hall–Kier alpha value is -2.93. The maximum Gasteiger partial charge on any atom is 0.257 e. The molecule has 1 heterocycles. The van der Waals surface area contributed by atoms with E-state index < -0.39 is 11.8 Å². The van der Waals surface area contributed by atoms with Gasteiger partial charge in [-0.25, -0.2) is 4.39 Å². The van der Waals surface area contributed by atoms with Crippen molar-refractivity contribution < 1.29 is 23.5 Å². The first kappa shape index (κ1) is 21.3. The molecule has 7 heteroatoms. The van der Waals surface area contributed by atoms with Crippen molar-refractivity contribution >= 4 is 17.5 Å². The van der Waals surface area contributed by atoms with E-state index in [1.165, 1.54) is 24.3 Å².